The Morgan fingerprint density at radius 3 is 2.92 bits per heavy atom. The van der Waals surface area contributed by atoms with Crippen LogP contribution >= 0.6 is 0 Å². The number of rotatable bonds is 3. The van der Waals surface area contributed by atoms with Crippen LogP contribution in [0.15, 0.2) is 47.5 Å². The molecule has 3 aliphatic rings. The highest BCUT2D eigenvalue weighted by molar-refractivity contribution is 5.92. The molecule has 0 heterocycles. The number of aryl methyl sites for hydroxylation is 2. The van der Waals surface area contributed by atoms with E-state index in [1.54, 1.807) is 5.56 Å². The molecule has 0 saturated heterocycles. The molecule has 0 amide bonds. The van der Waals surface area contributed by atoms with Gasteiger partial charge < -0.3 is 11.1 Å². The van der Waals surface area contributed by atoms with Gasteiger partial charge in [0.05, 0.1) is 0 Å². The highest BCUT2D eigenvalue weighted by Gasteiger charge is 2.54. The van der Waals surface area contributed by atoms with Crippen molar-refractivity contribution in [3.05, 3.63) is 64.7 Å². The molecule has 2 aromatic rings. The average molecular weight is 317 g/mol. The number of hydrogen-bond acceptors (Lipinski definition) is 1. The van der Waals surface area contributed by atoms with E-state index < -0.39 is 0 Å². The summed E-state index contributed by atoms with van der Waals surface area (Å²) in [7, 11) is 0. The SMILES string of the molecule is NC(=NCC1C2Cc3ccccc3C12)Nc1ccc2c(c1)CCC2. The smallest absolute Gasteiger partial charge is 0.193 e. The molecule has 5 rings (SSSR count). The molecular weight excluding hydrogens is 294 g/mol. The van der Waals surface area contributed by atoms with Crippen molar-refractivity contribution in [1.82, 2.24) is 0 Å². The fraction of sp³-hybridized carbons (Fsp3) is 0.381. The lowest BCUT2D eigenvalue weighted by molar-refractivity contribution is 0.701. The largest absolute Gasteiger partial charge is 0.370 e. The van der Waals surface area contributed by atoms with Crippen LogP contribution in [-0.2, 0) is 19.3 Å². The van der Waals surface area contributed by atoms with Gasteiger partial charge in [-0.05, 0) is 77.8 Å². The van der Waals surface area contributed by atoms with Crippen LogP contribution in [0.3, 0.4) is 0 Å². The van der Waals surface area contributed by atoms with E-state index in [-0.39, 0.29) is 0 Å². The van der Waals surface area contributed by atoms with Crippen LogP contribution in [0.25, 0.3) is 0 Å². The Labute approximate surface area is 143 Å². The second-order valence-electron chi connectivity index (χ2n) is 7.44. The minimum atomic E-state index is 0.547. The highest BCUT2D eigenvalue weighted by atomic mass is 15.1. The second-order valence-corrected chi connectivity index (χ2v) is 7.44. The standard InChI is InChI=1S/C21H23N3/c22-21(24-16-9-8-13-5-3-6-14(13)10-16)23-12-19-18-11-15-4-1-2-7-17(15)20(18)19/h1-2,4,7-10,18-20H,3,5-6,11-12H2,(H3,22,23,24). The zero-order valence-corrected chi connectivity index (χ0v) is 13.8. The number of aliphatic imine (C=N–C) groups is 1. The number of hydrogen-bond donors (Lipinski definition) is 2. The number of fused-ring (bicyclic) bond motifs is 4. The molecular formula is C21H23N3. The van der Waals surface area contributed by atoms with Crippen LogP contribution in [0, 0.1) is 11.8 Å². The second kappa shape index (κ2) is 5.37. The van der Waals surface area contributed by atoms with Crippen LogP contribution in [-0.4, -0.2) is 12.5 Å². The van der Waals surface area contributed by atoms with E-state index >= 15 is 0 Å². The molecule has 122 valence electrons. The summed E-state index contributed by atoms with van der Waals surface area (Å²) in [6.45, 7) is 0.841. The quantitative estimate of drug-likeness (QED) is 0.672. The predicted octanol–water partition coefficient (Wildman–Crippen LogP) is 3.49. The Hall–Kier alpha value is -2.29. The molecule has 3 heteroatoms. The van der Waals surface area contributed by atoms with E-state index in [2.05, 4.69) is 52.8 Å². The molecule has 0 radical (unpaired) electrons. The van der Waals surface area contributed by atoms with Crippen molar-refractivity contribution in [1.29, 1.82) is 0 Å². The van der Waals surface area contributed by atoms with Gasteiger partial charge in [0.25, 0.3) is 0 Å². The Bertz CT molecular complexity index is 824. The molecule has 3 aliphatic carbocycles. The average Bonchev–Trinajstić information content (AvgIpc) is 2.95. The topological polar surface area (TPSA) is 50.4 Å². The molecule has 0 aromatic heterocycles. The first-order chi connectivity index (χ1) is 11.8. The number of guanidine groups is 1. The zero-order chi connectivity index (χ0) is 16.1. The molecule has 3 N–H and O–H groups in total. The molecule has 24 heavy (non-hydrogen) atoms. The van der Waals surface area contributed by atoms with Gasteiger partial charge in [-0.25, -0.2) is 0 Å². The summed E-state index contributed by atoms with van der Waals surface area (Å²) in [4.78, 5) is 4.61. The van der Waals surface area contributed by atoms with E-state index in [9.17, 15) is 0 Å². The first-order valence-corrected chi connectivity index (χ1v) is 9.06. The Morgan fingerprint density at radius 1 is 1.08 bits per heavy atom. The third-order valence-corrected chi connectivity index (χ3v) is 6.04. The van der Waals surface area contributed by atoms with E-state index in [4.69, 9.17) is 5.73 Å². The van der Waals surface area contributed by atoms with E-state index in [0.717, 1.165) is 24.1 Å². The zero-order valence-electron chi connectivity index (χ0n) is 13.8. The van der Waals surface area contributed by atoms with E-state index in [1.807, 2.05) is 0 Å². The summed E-state index contributed by atoms with van der Waals surface area (Å²) in [6.07, 6.45) is 4.89. The minimum Gasteiger partial charge on any atom is -0.370 e. The first-order valence-electron chi connectivity index (χ1n) is 9.06. The van der Waals surface area contributed by atoms with Gasteiger partial charge in [0.2, 0.25) is 0 Å². The summed E-state index contributed by atoms with van der Waals surface area (Å²) < 4.78 is 0. The highest BCUT2D eigenvalue weighted by Crippen LogP contribution is 2.61. The number of nitrogens with two attached hydrogens (primary N) is 1. The van der Waals surface area contributed by atoms with Gasteiger partial charge in [-0.3, -0.25) is 4.99 Å². The number of anilines is 1. The summed E-state index contributed by atoms with van der Waals surface area (Å²) in [5.74, 6) is 2.74. The summed E-state index contributed by atoms with van der Waals surface area (Å²) in [5.41, 5.74) is 13.2. The maximum atomic E-state index is 6.11. The van der Waals surface area contributed by atoms with Gasteiger partial charge in [-0.2, -0.15) is 0 Å². The molecule has 0 aliphatic heterocycles. The fourth-order valence-corrected chi connectivity index (χ4v) is 4.77. The number of nitrogens with one attached hydrogen (secondary N) is 1. The van der Waals surface area contributed by atoms with Gasteiger partial charge in [0.1, 0.15) is 0 Å². The molecule has 3 atom stereocenters. The summed E-state index contributed by atoms with van der Waals surface area (Å²) in [6, 6.07) is 15.4. The van der Waals surface area contributed by atoms with Gasteiger partial charge in [0, 0.05) is 12.2 Å². The molecule has 3 nitrogen and oxygen atoms in total. The maximum absolute atomic E-state index is 6.11. The summed E-state index contributed by atoms with van der Waals surface area (Å²) in [5, 5.41) is 3.27. The Kier molecular flexibility index (Phi) is 3.15. The monoisotopic (exact) mass is 317 g/mol. The van der Waals surface area contributed by atoms with Gasteiger partial charge in [-0.1, -0.05) is 30.3 Å². The minimum absolute atomic E-state index is 0.547. The Morgan fingerprint density at radius 2 is 1.96 bits per heavy atom. The van der Waals surface area contributed by atoms with Crippen LogP contribution in [0.4, 0.5) is 5.69 Å². The third kappa shape index (κ3) is 2.31. The van der Waals surface area contributed by atoms with Crippen molar-refractivity contribution >= 4 is 11.6 Å². The van der Waals surface area contributed by atoms with Crippen LogP contribution < -0.4 is 11.1 Å². The lowest BCUT2D eigenvalue weighted by Gasteiger charge is -2.09. The molecule has 2 aromatic carbocycles. The normalized spacial score (nSPS) is 26.7. The molecule has 0 spiro atoms. The maximum Gasteiger partial charge on any atom is 0.193 e. The lowest BCUT2D eigenvalue weighted by Crippen LogP contribution is -2.23. The Balaban J connectivity index is 1.23. The number of benzene rings is 2. The van der Waals surface area contributed by atoms with Gasteiger partial charge in [-0.15, -0.1) is 0 Å². The first kappa shape index (κ1) is 14.1. The van der Waals surface area contributed by atoms with Gasteiger partial charge in [0.15, 0.2) is 5.96 Å². The van der Waals surface area contributed by atoms with Crippen molar-refractivity contribution in [2.45, 2.75) is 31.6 Å². The van der Waals surface area contributed by atoms with E-state index in [0.29, 0.717) is 11.9 Å². The third-order valence-electron chi connectivity index (χ3n) is 6.04. The molecule has 3 unspecified atom stereocenters. The predicted molar refractivity (Wildman–Crippen MR) is 98.4 cm³/mol. The van der Waals surface area contributed by atoms with Crippen LogP contribution in [0.1, 0.15) is 34.6 Å². The van der Waals surface area contributed by atoms with Crippen LogP contribution in [0.2, 0.25) is 0 Å². The summed E-state index contributed by atoms with van der Waals surface area (Å²) >= 11 is 0. The fourth-order valence-electron chi connectivity index (χ4n) is 4.77. The number of nitrogens with zero attached hydrogens (tertiary/aromatic N) is 1. The van der Waals surface area contributed by atoms with Crippen molar-refractivity contribution in [3.8, 4) is 0 Å². The molecule has 0 bridgehead atoms. The van der Waals surface area contributed by atoms with Crippen LogP contribution in [0.5, 0.6) is 0 Å². The van der Waals surface area contributed by atoms with Crippen molar-refractivity contribution in [3.63, 3.8) is 0 Å². The van der Waals surface area contributed by atoms with E-state index in [1.165, 1.54) is 42.4 Å². The molecule has 1 fully saturated rings. The van der Waals surface area contributed by atoms with Crippen molar-refractivity contribution in [2.24, 2.45) is 22.6 Å². The van der Waals surface area contributed by atoms with Crippen molar-refractivity contribution in [2.75, 3.05) is 11.9 Å². The van der Waals surface area contributed by atoms with Crippen molar-refractivity contribution < 1.29 is 0 Å². The van der Waals surface area contributed by atoms with Gasteiger partial charge >= 0.3 is 0 Å². The lowest BCUT2D eigenvalue weighted by atomic mass is 10.0. The molecule has 1 saturated carbocycles.